The van der Waals surface area contributed by atoms with E-state index >= 15 is 0 Å². The number of rotatable bonds is 5. The van der Waals surface area contributed by atoms with Crippen molar-refractivity contribution in [2.24, 2.45) is 5.92 Å². The predicted octanol–water partition coefficient (Wildman–Crippen LogP) is 4.84. The molecule has 0 aromatic rings. The number of unbranched alkanes of at least 4 members (excludes halogenated alkanes) is 3. The monoisotopic (exact) mass is 222 g/mol. The van der Waals surface area contributed by atoms with Crippen LogP contribution in [0.2, 0.25) is 0 Å². The van der Waals surface area contributed by atoms with Crippen molar-refractivity contribution >= 4 is 0 Å². The molecule has 2 aliphatic rings. The maximum absolute atomic E-state index is 4.78. The highest BCUT2D eigenvalue weighted by Crippen LogP contribution is 2.30. The van der Waals surface area contributed by atoms with E-state index in [-0.39, 0.29) is 0 Å². The van der Waals surface area contributed by atoms with E-state index in [9.17, 15) is 0 Å². The van der Waals surface area contributed by atoms with E-state index < -0.39 is 0 Å². The van der Waals surface area contributed by atoms with Crippen LogP contribution in [0.5, 0.6) is 0 Å². The molecular formula is C15H26O. The second kappa shape index (κ2) is 8.43. The van der Waals surface area contributed by atoms with Gasteiger partial charge in [-0.2, -0.15) is 0 Å². The standard InChI is InChI=1S/C10H20.C5H6O/c1-2-3-4-5-7-10-8-6-9-10;1-5-2-3-6-4-5/h10H,2-9H2,1H3;2-3H,1,4H2. The van der Waals surface area contributed by atoms with Gasteiger partial charge in [-0.1, -0.05) is 64.9 Å². The van der Waals surface area contributed by atoms with Gasteiger partial charge in [-0.3, -0.25) is 0 Å². The first kappa shape index (κ1) is 13.3. The molecule has 0 spiro atoms. The molecule has 1 heterocycles. The maximum atomic E-state index is 4.78. The summed E-state index contributed by atoms with van der Waals surface area (Å²) in [4.78, 5) is 0. The molecule has 0 bridgehead atoms. The lowest BCUT2D eigenvalue weighted by Crippen LogP contribution is -2.10. The van der Waals surface area contributed by atoms with Crippen LogP contribution in [0.25, 0.3) is 0 Å². The van der Waals surface area contributed by atoms with Crippen LogP contribution >= 0.6 is 0 Å². The first-order valence-electron chi connectivity index (χ1n) is 6.79. The Hall–Kier alpha value is -0.720. The lowest BCUT2D eigenvalue weighted by molar-refractivity contribution is 0.286. The Morgan fingerprint density at radius 1 is 1.31 bits per heavy atom. The van der Waals surface area contributed by atoms with Crippen molar-refractivity contribution in [2.75, 3.05) is 6.61 Å². The molecular weight excluding hydrogens is 196 g/mol. The summed E-state index contributed by atoms with van der Waals surface area (Å²) in [7, 11) is 0. The lowest BCUT2D eigenvalue weighted by atomic mass is 9.82. The molecule has 1 saturated carbocycles. The molecule has 1 nitrogen and oxygen atoms in total. The average molecular weight is 222 g/mol. The summed E-state index contributed by atoms with van der Waals surface area (Å²) in [6, 6.07) is 0. The fourth-order valence-electron chi connectivity index (χ4n) is 1.99. The van der Waals surface area contributed by atoms with Gasteiger partial charge in [-0.15, -0.1) is 0 Å². The number of hydrogen-bond donors (Lipinski definition) is 0. The minimum absolute atomic E-state index is 0.681. The predicted molar refractivity (Wildman–Crippen MR) is 70.3 cm³/mol. The van der Waals surface area contributed by atoms with Gasteiger partial charge in [0.25, 0.3) is 0 Å². The van der Waals surface area contributed by atoms with Gasteiger partial charge in [0.1, 0.15) is 6.61 Å². The zero-order chi connectivity index (χ0) is 11.6. The maximum Gasteiger partial charge on any atom is 0.112 e. The molecule has 92 valence electrons. The van der Waals surface area contributed by atoms with Crippen molar-refractivity contribution in [1.82, 2.24) is 0 Å². The van der Waals surface area contributed by atoms with Crippen LogP contribution < -0.4 is 0 Å². The van der Waals surface area contributed by atoms with Gasteiger partial charge in [0.2, 0.25) is 0 Å². The summed E-state index contributed by atoms with van der Waals surface area (Å²) in [6.07, 6.45) is 15.4. The van der Waals surface area contributed by atoms with E-state index in [4.69, 9.17) is 4.74 Å². The van der Waals surface area contributed by atoms with E-state index in [2.05, 4.69) is 13.5 Å². The van der Waals surface area contributed by atoms with E-state index in [0.717, 1.165) is 11.5 Å². The van der Waals surface area contributed by atoms with Crippen molar-refractivity contribution in [3.05, 3.63) is 24.5 Å². The van der Waals surface area contributed by atoms with E-state index in [0.29, 0.717) is 6.61 Å². The van der Waals surface area contributed by atoms with Gasteiger partial charge in [0.15, 0.2) is 0 Å². The first-order chi connectivity index (χ1) is 7.83. The largest absolute Gasteiger partial charge is 0.497 e. The summed E-state index contributed by atoms with van der Waals surface area (Å²) in [5.74, 6) is 1.14. The number of hydrogen-bond acceptors (Lipinski definition) is 1. The Morgan fingerprint density at radius 3 is 2.50 bits per heavy atom. The molecule has 1 aliphatic carbocycles. The highest BCUT2D eigenvalue weighted by atomic mass is 16.5. The Balaban J connectivity index is 0.000000181. The summed E-state index contributed by atoms with van der Waals surface area (Å²) >= 11 is 0. The molecule has 16 heavy (non-hydrogen) atoms. The quantitative estimate of drug-likeness (QED) is 0.605. The summed E-state index contributed by atoms with van der Waals surface area (Å²) in [6.45, 7) is 6.60. The smallest absolute Gasteiger partial charge is 0.112 e. The highest BCUT2D eigenvalue weighted by Gasteiger charge is 2.15. The van der Waals surface area contributed by atoms with Gasteiger partial charge >= 0.3 is 0 Å². The van der Waals surface area contributed by atoms with Crippen LogP contribution in [0.1, 0.15) is 58.3 Å². The molecule has 0 aromatic carbocycles. The van der Waals surface area contributed by atoms with E-state index in [1.54, 1.807) is 6.26 Å². The second-order valence-corrected chi connectivity index (χ2v) is 4.92. The molecule has 0 radical (unpaired) electrons. The van der Waals surface area contributed by atoms with Crippen LogP contribution in [-0.4, -0.2) is 6.61 Å². The molecule has 0 unspecified atom stereocenters. The summed E-state index contributed by atoms with van der Waals surface area (Å²) in [5.41, 5.74) is 1.05. The zero-order valence-electron chi connectivity index (χ0n) is 10.7. The fraction of sp³-hybridized carbons (Fsp3) is 0.733. The lowest BCUT2D eigenvalue weighted by Gasteiger charge is -2.24. The highest BCUT2D eigenvalue weighted by molar-refractivity contribution is 5.16. The van der Waals surface area contributed by atoms with Crippen LogP contribution in [-0.2, 0) is 4.74 Å². The Bertz CT molecular complexity index is 213. The summed E-state index contributed by atoms with van der Waals surface area (Å²) < 4.78 is 4.78. The molecule has 0 N–H and O–H groups in total. The molecule has 2 rings (SSSR count). The van der Waals surface area contributed by atoms with Crippen molar-refractivity contribution in [1.29, 1.82) is 0 Å². The van der Waals surface area contributed by atoms with Crippen LogP contribution in [0.3, 0.4) is 0 Å². The topological polar surface area (TPSA) is 9.23 Å². The van der Waals surface area contributed by atoms with Gasteiger partial charge in [-0.25, -0.2) is 0 Å². The fourth-order valence-corrected chi connectivity index (χ4v) is 1.99. The van der Waals surface area contributed by atoms with Crippen molar-refractivity contribution < 1.29 is 4.74 Å². The minimum Gasteiger partial charge on any atom is -0.497 e. The van der Waals surface area contributed by atoms with Crippen molar-refractivity contribution in [2.45, 2.75) is 58.3 Å². The third kappa shape index (κ3) is 5.99. The molecule has 1 fully saturated rings. The van der Waals surface area contributed by atoms with Gasteiger partial charge in [0, 0.05) is 0 Å². The van der Waals surface area contributed by atoms with Crippen LogP contribution in [0.15, 0.2) is 24.5 Å². The Kier molecular flexibility index (Phi) is 7.03. The number of ether oxygens (including phenoxy) is 1. The molecule has 1 aliphatic heterocycles. The Labute approximate surface area is 101 Å². The normalized spacial score (nSPS) is 18.7. The van der Waals surface area contributed by atoms with Gasteiger partial charge in [-0.05, 0) is 17.6 Å². The third-order valence-electron chi connectivity index (χ3n) is 3.36. The van der Waals surface area contributed by atoms with Gasteiger partial charge in [0.05, 0.1) is 6.26 Å². The second-order valence-electron chi connectivity index (χ2n) is 4.92. The SMILES string of the molecule is C=C1C=COC1.CCCCCCC1CCC1. The Morgan fingerprint density at radius 2 is 2.12 bits per heavy atom. The van der Waals surface area contributed by atoms with Crippen LogP contribution in [0, 0.1) is 5.92 Å². The van der Waals surface area contributed by atoms with E-state index in [1.165, 1.54) is 51.4 Å². The molecule has 0 atom stereocenters. The van der Waals surface area contributed by atoms with Crippen LogP contribution in [0.4, 0.5) is 0 Å². The molecule has 1 heteroatoms. The molecule has 0 saturated heterocycles. The molecule has 0 aromatic heterocycles. The van der Waals surface area contributed by atoms with Gasteiger partial charge < -0.3 is 4.74 Å². The molecule has 0 amide bonds. The van der Waals surface area contributed by atoms with E-state index in [1.807, 2.05) is 6.08 Å². The van der Waals surface area contributed by atoms with Crippen molar-refractivity contribution in [3.8, 4) is 0 Å². The first-order valence-corrected chi connectivity index (χ1v) is 6.79. The third-order valence-corrected chi connectivity index (χ3v) is 3.36. The minimum atomic E-state index is 0.681. The average Bonchev–Trinajstić information content (AvgIpc) is 2.67. The zero-order valence-corrected chi connectivity index (χ0v) is 10.7. The van der Waals surface area contributed by atoms with Crippen molar-refractivity contribution in [3.63, 3.8) is 0 Å². The summed E-state index contributed by atoms with van der Waals surface area (Å²) in [5, 5.41) is 0.